The van der Waals surface area contributed by atoms with E-state index >= 15 is 0 Å². The van der Waals surface area contributed by atoms with Crippen molar-refractivity contribution in [1.29, 1.82) is 0 Å². The van der Waals surface area contributed by atoms with Crippen molar-refractivity contribution < 1.29 is 9.53 Å². The molecule has 6 heteroatoms. The van der Waals surface area contributed by atoms with E-state index in [-0.39, 0.29) is 17.5 Å². The van der Waals surface area contributed by atoms with Gasteiger partial charge in [0, 0.05) is 25.6 Å². The Morgan fingerprint density at radius 3 is 2.40 bits per heavy atom. The molecular formula is C19H27N3O3. The summed E-state index contributed by atoms with van der Waals surface area (Å²) in [6, 6.07) is 7.03. The second-order valence-electron chi connectivity index (χ2n) is 6.88. The highest BCUT2D eigenvalue weighted by Gasteiger charge is 2.23. The number of benzene rings is 1. The van der Waals surface area contributed by atoms with Crippen LogP contribution in [0.3, 0.4) is 0 Å². The van der Waals surface area contributed by atoms with Gasteiger partial charge in [-0.15, -0.1) is 0 Å². The van der Waals surface area contributed by atoms with Crippen molar-refractivity contribution in [3.63, 3.8) is 0 Å². The molecule has 0 bridgehead atoms. The van der Waals surface area contributed by atoms with Gasteiger partial charge in [0.15, 0.2) is 5.69 Å². The largest absolute Gasteiger partial charge is 0.383 e. The second-order valence-corrected chi connectivity index (χ2v) is 6.88. The summed E-state index contributed by atoms with van der Waals surface area (Å²) < 4.78 is 6.53. The minimum atomic E-state index is -0.172. The highest BCUT2D eigenvalue weighted by molar-refractivity contribution is 6.04. The molecule has 0 unspecified atom stereocenters. The van der Waals surface area contributed by atoms with Crippen molar-refractivity contribution in [2.75, 3.05) is 26.8 Å². The molecule has 0 saturated carbocycles. The lowest BCUT2D eigenvalue weighted by Crippen LogP contribution is -2.39. The van der Waals surface area contributed by atoms with Crippen molar-refractivity contribution in [1.82, 2.24) is 14.7 Å². The number of fused-ring (bicyclic) bond motifs is 1. The third kappa shape index (κ3) is 4.25. The second kappa shape index (κ2) is 8.25. The van der Waals surface area contributed by atoms with Crippen LogP contribution in [0.4, 0.5) is 0 Å². The van der Waals surface area contributed by atoms with Crippen LogP contribution in [0.2, 0.25) is 0 Å². The maximum Gasteiger partial charge on any atom is 0.275 e. The summed E-state index contributed by atoms with van der Waals surface area (Å²) in [4.78, 5) is 27.5. The first-order chi connectivity index (χ1) is 11.9. The van der Waals surface area contributed by atoms with Gasteiger partial charge in [-0.3, -0.25) is 9.59 Å². The first kappa shape index (κ1) is 19.1. The van der Waals surface area contributed by atoms with Crippen molar-refractivity contribution in [3.05, 3.63) is 40.3 Å². The Morgan fingerprint density at radius 1 is 1.20 bits per heavy atom. The summed E-state index contributed by atoms with van der Waals surface area (Å²) in [7, 11) is 1.62. The molecular weight excluding hydrogens is 318 g/mol. The van der Waals surface area contributed by atoms with E-state index in [9.17, 15) is 9.59 Å². The number of carbonyl (C=O) groups excluding carboxylic acids is 1. The molecule has 1 heterocycles. The van der Waals surface area contributed by atoms with E-state index in [0.717, 1.165) is 0 Å². The minimum absolute atomic E-state index is 0.124. The number of amides is 1. The zero-order valence-electron chi connectivity index (χ0n) is 15.7. The van der Waals surface area contributed by atoms with E-state index < -0.39 is 0 Å². The van der Waals surface area contributed by atoms with Crippen molar-refractivity contribution >= 4 is 16.7 Å². The average Bonchev–Trinajstić information content (AvgIpc) is 2.58. The van der Waals surface area contributed by atoms with Gasteiger partial charge in [-0.05, 0) is 25.8 Å². The van der Waals surface area contributed by atoms with Crippen LogP contribution in [-0.4, -0.2) is 47.4 Å². The highest BCUT2D eigenvalue weighted by atomic mass is 16.5. The third-order valence-corrected chi connectivity index (χ3v) is 3.96. The predicted octanol–water partition coefficient (Wildman–Crippen LogP) is 2.72. The number of carbonyl (C=O) groups is 1. The number of rotatable bonds is 7. The van der Waals surface area contributed by atoms with Crippen LogP contribution < -0.4 is 5.56 Å². The summed E-state index contributed by atoms with van der Waals surface area (Å²) in [5, 5.41) is 5.53. The van der Waals surface area contributed by atoms with Crippen LogP contribution in [0, 0.1) is 5.92 Å². The van der Waals surface area contributed by atoms with Gasteiger partial charge in [0.25, 0.3) is 11.5 Å². The molecule has 0 saturated heterocycles. The Hall–Kier alpha value is -2.21. The lowest BCUT2D eigenvalue weighted by Gasteiger charge is -2.25. The first-order valence-electron chi connectivity index (χ1n) is 8.66. The average molecular weight is 345 g/mol. The number of hydrogen-bond acceptors (Lipinski definition) is 4. The molecule has 0 atom stereocenters. The predicted molar refractivity (Wildman–Crippen MR) is 99.0 cm³/mol. The molecule has 0 N–H and O–H groups in total. The van der Waals surface area contributed by atoms with Crippen LogP contribution in [0.15, 0.2) is 29.1 Å². The van der Waals surface area contributed by atoms with Gasteiger partial charge >= 0.3 is 0 Å². The lowest BCUT2D eigenvalue weighted by molar-refractivity contribution is 0.0666. The van der Waals surface area contributed by atoms with E-state index in [1.54, 1.807) is 30.2 Å². The third-order valence-electron chi connectivity index (χ3n) is 3.96. The van der Waals surface area contributed by atoms with Gasteiger partial charge in [0.05, 0.1) is 18.0 Å². The van der Waals surface area contributed by atoms with Gasteiger partial charge in [-0.25, -0.2) is 4.68 Å². The molecule has 136 valence electrons. The smallest absolute Gasteiger partial charge is 0.275 e. The molecule has 0 radical (unpaired) electrons. The van der Waals surface area contributed by atoms with Crippen LogP contribution in [0.25, 0.3) is 10.8 Å². The van der Waals surface area contributed by atoms with Crippen LogP contribution in [0.1, 0.15) is 44.2 Å². The minimum Gasteiger partial charge on any atom is -0.383 e. The quantitative estimate of drug-likeness (QED) is 0.774. The maximum atomic E-state index is 13.2. The monoisotopic (exact) mass is 345 g/mol. The molecule has 2 aromatic rings. The highest BCUT2D eigenvalue weighted by Crippen LogP contribution is 2.17. The van der Waals surface area contributed by atoms with Crippen LogP contribution >= 0.6 is 0 Å². The fourth-order valence-electron chi connectivity index (χ4n) is 2.78. The Morgan fingerprint density at radius 2 is 1.84 bits per heavy atom. The summed E-state index contributed by atoms with van der Waals surface area (Å²) in [5.74, 6) is 0.152. The van der Waals surface area contributed by atoms with Gasteiger partial charge in [0.2, 0.25) is 0 Å². The Balaban J connectivity index is 2.59. The first-order valence-corrected chi connectivity index (χ1v) is 8.66. The fourth-order valence-corrected chi connectivity index (χ4v) is 2.78. The summed E-state index contributed by atoms with van der Waals surface area (Å²) >= 11 is 0. The van der Waals surface area contributed by atoms with Crippen molar-refractivity contribution in [2.45, 2.75) is 33.7 Å². The summed E-state index contributed by atoms with van der Waals surface area (Å²) in [5.41, 5.74) is 0.148. The summed E-state index contributed by atoms with van der Waals surface area (Å²) in [6.07, 6.45) is 0. The molecule has 0 aliphatic carbocycles. The van der Waals surface area contributed by atoms with E-state index in [0.29, 0.717) is 42.1 Å². The molecule has 0 aliphatic heterocycles. The van der Waals surface area contributed by atoms with Crippen molar-refractivity contribution in [3.8, 4) is 0 Å². The Labute approximate surface area is 148 Å². The molecule has 0 spiro atoms. The molecule has 1 aromatic heterocycles. The topological polar surface area (TPSA) is 64.4 Å². The van der Waals surface area contributed by atoms with E-state index in [2.05, 4.69) is 18.9 Å². The zero-order chi connectivity index (χ0) is 18.6. The molecule has 1 aromatic carbocycles. The van der Waals surface area contributed by atoms with Crippen molar-refractivity contribution in [2.24, 2.45) is 5.92 Å². The van der Waals surface area contributed by atoms with Gasteiger partial charge < -0.3 is 9.64 Å². The van der Waals surface area contributed by atoms with Gasteiger partial charge in [-0.2, -0.15) is 5.10 Å². The standard InChI is InChI=1S/C19H27N3O3/c1-13(2)12-21(10-11-25-5)19(24)17-15-8-6-7-9-16(15)18(23)22(20-17)14(3)4/h6-9,13-14H,10-12H2,1-5H3. The van der Waals surface area contributed by atoms with Crippen LogP contribution in [-0.2, 0) is 4.74 Å². The Bertz CT molecular complexity index is 796. The number of nitrogens with zero attached hydrogens (tertiary/aromatic N) is 3. The van der Waals surface area contributed by atoms with E-state index in [4.69, 9.17) is 4.74 Å². The normalized spacial score (nSPS) is 11.5. The SMILES string of the molecule is COCCN(CC(C)C)C(=O)c1nn(C(C)C)c(=O)c2ccccc12. The van der Waals surface area contributed by atoms with E-state index in [1.165, 1.54) is 4.68 Å². The number of ether oxygens (including phenoxy) is 1. The summed E-state index contributed by atoms with van der Waals surface area (Å²) in [6.45, 7) is 9.45. The number of hydrogen-bond donors (Lipinski definition) is 0. The number of aromatic nitrogens is 2. The molecule has 25 heavy (non-hydrogen) atoms. The zero-order valence-corrected chi connectivity index (χ0v) is 15.7. The molecule has 2 rings (SSSR count). The Kier molecular flexibility index (Phi) is 6.31. The van der Waals surface area contributed by atoms with Gasteiger partial charge in [0.1, 0.15) is 0 Å². The molecule has 6 nitrogen and oxygen atoms in total. The molecule has 0 fully saturated rings. The lowest BCUT2D eigenvalue weighted by atomic mass is 10.1. The molecule has 1 amide bonds. The van der Waals surface area contributed by atoms with Crippen LogP contribution in [0.5, 0.6) is 0 Å². The van der Waals surface area contributed by atoms with Gasteiger partial charge in [-0.1, -0.05) is 32.0 Å². The van der Waals surface area contributed by atoms with E-state index in [1.807, 2.05) is 19.9 Å². The molecule has 0 aliphatic rings. The maximum absolute atomic E-state index is 13.2. The fraction of sp³-hybridized carbons (Fsp3) is 0.526. The number of methoxy groups -OCH3 is 1.